The van der Waals surface area contributed by atoms with E-state index in [-0.39, 0.29) is 0 Å². The zero-order valence-electron chi connectivity index (χ0n) is 16.5. The Morgan fingerprint density at radius 1 is 0.893 bits per heavy atom. The van der Waals surface area contributed by atoms with Crippen molar-refractivity contribution in [1.82, 2.24) is 10.2 Å². The van der Waals surface area contributed by atoms with Crippen LogP contribution in [0.2, 0.25) is 0 Å². The molecule has 2 aromatic carbocycles. The first-order valence-electron chi connectivity index (χ1n) is 10.0. The SMILES string of the molecule is CCCCCCCOc1ccccc1-c1cc(COc2ccccc2N)[nH]n1. The van der Waals surface area contributed by atoms with Crippen molar-refractivity contribution in [2.45, 2.75) is 45.6 Å². The molecular formula is C23H29N3O2. The van der Waals surface area contributed by atoms with Crippen LogP contribution in [0.15, 0.2) is 54.6 Å². The number of anilines is 1. The molecule has 3 N–H and O–H groups in total. The highest BCUT2D eigenvalue weighted by atomic mass is 16.5. The summed E-state index contributed by atoms with van der Waals surface area (Å²) in [6.07, 6.45) is 6.11. The summed E-state index contributed by atoms with van der Waals surface area (Å²) in [5, 5.41) is 7.47. The van der Waals surface area contributed by atoms with Crippen molar-refractivity contribution in [3.63, 3.8) is 0 Å². The minimum atomic E-state index is 0.377. The topological polar surface area (TPSA) is 73.2 Å². The molecule has 0 saturated heterocycles. The van der Waals surface area contributed by atoms with Gasteiger partial charge in [0.1, 0.15) is 18.1 Å². The van der Waals surface area contributed by atoms with Crippen LogP contribution in [0.4, 0.5) is 5.69 Å². The molecule has 0 aliphatic rings. The van der Waals surface area contributed by atoms with Crippen LogP contribution in [0.5, 0.6) is 11.5 Å². The van der Waals surface area contributed by atoms with E-state index in [9.17, 15) is 0 Å². The monoisotopic (exact) mass is 379 g/mol. The Hall–Kier alpha value is -2.95. The van der Waals surface area contributed by atoms with Crippen molar-refractivity contribution >= 4 is 5.69 Å². The van der Waals surface area contributed by atoms with Gasteiger partial charge in [-0.2, -0.15) is 5.10 Å². The minimum Gasteiger partial charge on any atom is -0.493 e. The predicted octanol–water partition coefficient (Wildman–Crippen LogP) is 5.59. The second-order valence-corrected chi connectivity index (χ2v) is 6.86. The summed E-state index contributed by atoms with van der Waals surface area (Å²) in [5.41, 5.74) is 9.26. The predicted molar refractivity (Wildman–Crippen MR) is 113 cm³/mol. The van der Waals surface area contributed by atoms with Crippen LogP contribution in [0, 0.1) is 0 Å². The molecule has 28 heavy (non-hydrogen) atoms. The van der Waals surface area contributed by atoms with E-state index >= 15 is 0 Å². The summed E-state index contributed by atoms with van der Waals surface area (Å²) in [5.74, 6) is 1.54. The van der Waals surface area contributed by atoms with Crippen LogP contribution in [0.25, 0.3) is 11.3 Å². The second kappa shape index (κ2) is 10.4. The number of para-hydroxylation sites is 3. The lowest BCUT2D eigenvalue weighted by atomic mass is 10.1. The highest BCUT2D eigenvalue weighted by Crippen LogP contribution is 2.29. The average molecular weight is 380 g/mol. The maximum atomic E-state index is 6.02. The largest absolute Gasteiger partial charge is 0.493 e. The van der Waals surface area contributed by atoms with Crippen molar-refractivity contribution < 1.29 is 9.47 Å². The summed E-state index contributed by atoms with van der Waals surface area (Å²) >= 11 is 0. The molecule has 5 nitrogen and oxygen atoms in total. The van der Waals surface area contributed by atoms with Gasteiger partial charge in [0.2, 0.25) is 0 Å². The van der Waals surface area contributed by atoms with Crippen molar-refractivity contribution in [3.8, 4) is 22.8 Å². The van der Waals surface area contributed by atoms with E-state index in [0.29, 0.717) is 18.0 Å². The van der Waals surface area contributed by atoms with Crippen molar-refractivity contribution in [3.05, 3.63) is 60.3 Å². The zero-order valence-corrected chi connectivity index (χ0v) is 16.5. The van der Waals surface area contributed by atoms with Gasteiger partial charge in [-0.05, 0) is 36.8 Å². The third kappa shape index (κ3) is 5.52. The van der Waals surface area contributed by atoms with Gasteiger partial charge in [0.15, 0.2) is 0 Å². The number of nitrogens with zero attached hydrogens (tertiary/aromatic N) is 1. The van der Waals surface area contributed by atoms with Gasteiger partial charge in [-0.1, -0.05) is 56.9 Å². The zero-order chi connectivity index (χ0) is 19.6. The third-order valence-corrected chi connectivity index (χ3v) is 4.60. The Morgan fingerprint density at radius 3 is 2.46 bits per heavy atom. The summed E-state index contributed by atoms with van der Waals surface area (Å²) in [6.45, 7) is 3.33. The maximum Gasteiger partial charge on any atom is 0.142 e. The fourth-order valence-corrected chi connectivity index (χ4v) is 3.03. The Kier molecular flexibility index (Phi) is 7.36. The summed E-state index contributed by atoms with van der Waals surface area (Å²) in [6, 6.07) is 17.5. The molecule has 3 aromatic rings. The van der Waals surface area contributed by atoms with Gasteiger partial charge in [-0.15, -0.1) is 0 Å². The minimum absolute atomic E-state index is 0.377. The Morgan fingerprint density at radius 2 is 1.64 bits per heavy atom. The van der Waals surface area contributed by atoms with E-state index in [2.05, 4.69) is 17.1 Å². The number of nitrogens with one attached hydrogen (secondary N) is 1. The normalized spacial score (nSPS) is 10.8. The smallest absolute Gasteiger partial charge is 0.142 e. The number of hydrogen-bond acceptors (Lipinski definition) is 4. The molecule has 0 fully saturated rings. The summed E-state index contributed by atoms with van der Waals surface area (Å²) < 4.78 is 11.8. The number of rotatable bonds is 11. The van der Waals surface area contributed by atoms with Gasteiger partial charge in [0.25, 0.3) is 0 Å². The van der Waals surface area contributed by atoms with Crippen molar-refractivity contribution in [1.29, 1.82) is 0 Å². The van der Waals surface area contributed by atoms with E-state index in [1.165, 1.54) is 25.7 Å². The van der Waals surface area contributed by atoms with Gasteiger partial charge in [0, 0.05) is 5.56 Å². The van der Waals surface area contributed by atoms with Crippen molar-refractivity contribution in [2.75, 3.05) is 12.3 Å². The lowest BCUT2D eigenvalue weighted by molar-refractivity contribution is 0.303. The van der Waals surface area contributed by atoms with Crippen LogP contribution in [-0.2, 0) is 6.61 Å². The fraction of sp³-hybridized carbons (Fsp3) is 0.348. The molecule has 0 aliphatic heterocycles. The molecule has 1 aromatic heterocycles. The third-order valence-electron chi connectivity index (χ3n) is 4.60. The molecular weight excluding hydrogens is 350 g/mol. The van der Waals surface area contributed by atoms with Gasteiger partial charge in [0.05, 0.1) is 23.7 Å². The van der Waals surface area contributed by atoms with E-state index in [0.717, 1.165) is 35.7 Å². The highest BCUT2D eigenvalue weighted by Gasteiger charge is 2.10. The number of aromatic amines is 1. The number of benzene rings is 2. The lowest BCUT2D eigenvalue weighted by Gasteiger charge is -2.10. The highest BCUT2D eigenvalue weighted by molar-refractivity contribution is 5.67. The van der Waals surface area contributed by atoms with Gasteiger partial charge in [-0.3, -0.25) is 5.10 Å². The number of hydrogen-bond donors (Lipinski definition) is 2. The number of nitrogen functional groups attached to an aromatic ring is 1. The van der Waals surface area contributed by atoms with E-state index < -0.39 is 0 Å². The quantitative estimate of drug-likeness (QED) is 0.336. The first-order valence-corrected chi connectivity index (χ1v) is 10.0. The number of aromatic nitrogens is 2. The number of H-pyrrole nitrogens is 1. The number of ether oxygens (including phenoxy) is 2. The van der Waals surface area contributed by atoms with Crippen molar-refractivity contribution in [2.24, 2.45) is 0 Å². The molecule has 0 amide bonds. The van der Waals surface area contributed by atoms with Gasteiger partial charge >= 0.3 is 0 Å². The van der Waals surface area contributed by atoms with E-state index in [4.69, 9.17) is 15.2 Å². The summed E-state index contributed by atoms with van der Waals surface area (Å²) in [7, 11) is 0. The molecule has 1 heterocycles. The molecule has 148 valence electrons. The molecule has 0 atom stereocenters. The molecule has 0 bridgehead atoms. The Bertz CT molecular complexity index is 860. The first-order chi connectivity index (χ1) is 13.8. The maximum absolute atomic E-state index is 6.02. The number of unbranched alkanes of at least 4 members (excludes halogenated alkanes) is 4. The van der Waals surface area contributed by atoms with Crippen LogP contribution >= 0.6 is 0 Å². The Balaban J connectivity index is 1.59. The Labute approximate surface area is 166 Å². The molecule has 0 aliphatic carbocycles. The van der Waals surface area contributed by atoms with Crippen LogP contribution in [-0.4, -0.2) is 16.8 Å². The van der Waals surface area contributed by atoms with Gasteiger partial charge in [-0.25, -0.2) is 0 Å². The lowest BCUT2D eigenvalue weighted by Crippen LogP contribution is -1.99. The van der Waals surface area contributed by atoms with Crippen LogP contribution in [0.1, 0.15) is 44.7 Å². The van der Waals surface area contributed by atoms with Crippen LogP contribution in [0.3, 0.4) is 0 Å². The summed E-state index contributed by atoms with van der Waals surface area (Å²) in [4.78, 5) is 0. The fourth-order valence-electron chi connectivity index (χ4n) is 3.03. The van der Waals surface area contributed by atoms with E-state index in [1.54, 1.807) is 0 Å². The first kappa shape index (κ1) is 19.8. The molecule has 5 heteroatoms. The number of nitrogens with two attached hydrogens (primary N) is 1. The average Bonchev–Trinajstić information content (AvgIpc) is 3.19. The molecule has 0 spiro atoms. The molecule has 0 radical (unpaired) electrons. The standard InChI is InChI=1S/C23H29N3O2/c1-2-3-4-5-10-15-27-22-13-8-6-11-19(22)21-16-18(25-26-21)17-28-23-14-9-7-12-20(23)24/h6-9,11-14,16H,2-5,10,15,17,24H2,1H3,(H,25,26). The van der Waals surface area contributed by atoms with Gasteiger partial charge < -0.3 is 15.2 Å². The second-order valence-electron chi connectivity index (χ2n) is 6.86. The van der Waals surface area contributed by atoms with Crippen LogP contribution < -0.4 is 15.2 Å². The molecule has 3 rings (SSSR count). The molecule has 0 saturated carbocycles. The van der Waals surface area contributed by atoms with E-state index in [1.807, 2.05) is 54.6 Å². The molecule has 0 unspecified atom stereocenters.